The van der Waals surface area contributed by atoms with E-state index >= 15 is 0 Å². The zero-order chi connectivity index (χ0) is 18.2. The number of hydrogen-bond donors (Lipinski definition) is 2. The predicted molar refractivity (Wildman–Crippen MR) is 98.2 cm³/mol. The van der Waals surface area contributed by atoms with Crippen LogP contribution in [-0.2, 0) is 16.1 Å². The summed E-state index contributed by atoms with van der Waals surface area (Å²) in [6.07, 6.45) is -0.610. The van der Waals surface area contributed by atoms with Gasteiger partial charge in [0.1, 0.15) is 12.6 Å². The van der Waals surface area contributed by atoms with Gasteiger partial charge in [-0.1, -0.05) is 61.9 Å². The maximum Gasteiger partial charge on any atom is 0.408 e. The van der Waals surface area contributed by atoms with Crippen LogP contribution in [0, 0.1) is 12.8 Å². The van der Waals surface area contributed by atoms with Gasteiger partial charge in [0.05, 0.1) is 0 Å². The number of rotatable bonds is 6. The van der Waals surface area contributed by atoms with Crippen molar-refractivity contribution >= 4 is 17.7 Å². The van der Waals surface area contributed by atoms with Crippen molar-refractivity contribution in [2.24, 2.45) is 5.92 Å². The predicted octanol–water partition coefficient (Wildman–Crippen LogP) is 3.88. The largest absolute Gasteiger partial charge is 0.445 e. The monoisotopic (exact) mass is 340 g/mol. The summed E-state index contributed by atoms with van der Waals surface area (Å²) in [6.45, 7) is 5.89. The molecule has 0 aliphatic heterocycles. The molecule has 132 valence electrons. The van der Waals surface area contributed by atoms with Crippen LogP contribution in [0.25, 0.3) is 0 Å². The zero-order valence-corrected chi connectivity index (χ0v) is 14.8. The third-order valence-electron chi connectivity index (χ3n) is 3.75. The van der Waals surface area contributed by atoms with Crippen molar-refractivity contribution in [2.75, 3.05) is 5.32 Å². The fraction of sp³-hybridized carbons (Fsp3) is 0.300. The molecule has 0 saturated carbocycles. The molecule has 0 heterocycles. The number of amides is 2. The molecular weight excluding hydrogens is 316 g/mol. The van der Waals surface area contributed by atoms with Gasteiger partial charge in [-0.25, -0.2) is 4.79 Å². The van der Waals surface area contributed by atoms with Crippen molar-refractivity contribution in [1.29, 1.82) is 0 Å². The molecule has 2 N–H and O–H groups in total. The quantitative estimate of drug-likeness (QED) is 0.838. The summed E-state index contributed by atoms with van der Waals surface area (Å²) in [5, 5.41) is 5.47. The molecule has 5 nitrogen and oxygen atoms in total. The van der Waals surface area contributed by atoms with E-state index in [1.54, 1.807) is 0 Å². The molecule has 5 heteroatoms. The first-order chi connectivity index (χ1) is 12.0. The summed E-state index contributed by atoms with van der Waals surface area (Å²) in [7, 11) is 0. The molecule has 1 atom stereocenters. The summed E-state index contributed by atoms with van der Waals surface area (Å²) in [4.78, 5) is 24.5. The Hall–Kier alpha value is -2.82. The third-order valence-corrected chi connectivity index (χ3v) is 3.75. The number of carbonyl (C=O) groups is 2. The average molecular weight is 340 g/mol. The van der Waals surface area contributed by atoms with Crippen LogP contribution in [-0.4, -0.2) is 18.0 Å². The Bertz CT molecular complexity index is 697. The van der Waals surface area contributed by atoms with E-state index in [0.29, 0.717) is 5.69 Å². The molecule has 0 spiro atoms. The summed E-state index contributed by atoms with van der Waals surface area (Å²) < 4.78 is 5.19. The number of hydrogen-bond acceptors (Lipinski definition) is 3. The highest BCUT2D eigenvalue weighted by Crippen LogP contribution is 2.11. The van der Waals surface area contributed by atoms with Gasteiger partial charge in [-0.15, -0.1) is 0 Å². The highest BCUT2D eigenvalue weighted by Gasteiger charge is 2.25. The molecule has 0 fully saturated rings. The van der Waals surface area contributed by atoms with Crippen molar-refractivity contribution in [3.8, 4) is 0 Å². The van der Waals surface area contributed by atoms with Gasteiger partial charge in [0.2, 0.25) is 5.91 Å². The minimum atomic E-state index is -0.676. The van der Waals surface area contributed by atoms with Gasteiger partial charge in [-0.05, 0) is 30.5 Å². The molecule has 0 aliphatic carbocycles. The van der Waals surface area contributed by atoms with Gasteiger partial charge in [0.15, 0.2) is 0 Å². The first-order valence-electron chi connectivity index (χ1n) is 8.30. The highest BCUT2D eigenvalue weighted by molar-refractivity contribution is 5.96. The second-order valence-corrected chi connectivity index (χ2v) is 6.28. The number of aryl methyl sites for hydroxylation is 1. The molecule has 2 amide bonds. The lowest BCUT2D eigenvalue weighted by atomic mass is 10.0. The Morgan fingerprint density at radius 2 is 1.64 bits per heavy atom. The SMILES string of the molecule is Cc1ccc(NC(=O)[C@@H](NC(=O)OCc2ccccc2)C(C)C)cc1. The van der Waals surface area contributed by atoms with Crippen molar-refractivity contribution in [2.45, 2.75) is 33.4 Å². The number of alkyl carbamates (subject to hydrolysis) is 1. The molecule has 0 aliphatic rings. The summed E-state index contributed by atoms with van der Waals surface area (Å²) in [5.41, 5.74) is 2.70. The van der Waals surface area contributed by atoms with Crippen LogP contribution in [0.3, 0.4) is 0 Å². The lowest BCUT2D eigenvalue weighted by Crippen LogP contribution is -2.47. The Morgan fingerprint density at radius 1 is 1.00 bits per heavy atom. The first-order valence-corrected chi connectivity index (χ1v) is 8.30. The van der Waals surface area contributed by atoms with Crippen LogP contribution in [0.2, 0.25) is 0 Å². The number of benzene rings is 2. The van der Waals surface area contributed by atoms with E-state index in [-0.39, 0.29) is 18.4 Å². The van der Waals surface area contributed by atoms with E-state index < -0.39 is 12.1 Å². The van der Waals surface area contributed by atoms with Crippen molar-refractivity contribution < 1.29 is 14.3 Å². The van der Waals surface area contributed by atoms with Crippen LogP contribution in [0.5, 0.6) is 0 Å². The van der Waals surface area contributed by atoms with Gasteiger partial charge in [-0.3, -0.25) is 4.79 Å². The van der Waals surface area contributed by atoms with E-state index in [0.717, 1.165) is 11.1 Å². The second kappa shape index (κ2) is 8.87. The zero-order valence-electron chi connectivity index (χ0n) is 14.8. The Labute approximate surface area is 148 Å². The summed E-state index contributed by atoms with van der Waals surface area (Å²) >= 11 is 0. The smallest absolute Gasteiger partial charge is 0.408 e. The number of ether oxygens (including phenoxy) is 1. The minimum Gasteiger partial charge on any atom is -0.445 e. The standard InChI is InChI=1S/C20H24N2O3/c1-14(2)18(19(23)21-17-11-9-15(3)10-12-17)22-20(24)25-13-16-7-5-4-6-8-16/h4-12,14,18H,13H2,1-3H3,(H,21,23)(H,22,24)/t18-/m0/s1. The van der Waals surface area contributed by atoms with Crippen LogP contribution < -0.4 is 10.6 Å². The maximum absolute atomic E-state index is 12.5. The van der Waals surface area contributed by atoms with Crippen molar-refractivity contribution in [3.05, 3.63) is 65.7 Å². The average Bonchev–Trinajstić information content (AvgIpc) is 2.60. The number of anilines is 1. The molecule has 2 aromatic rings. The molecule has 2 rings (SSSR count). The lowest BCUT2D eigenvalue weighted by molar-refractivity contribution is -0.119. The van der Waals surface area contributed by atoms with E-state index in [2.05, 4.69) is 10.6 Å². The normalized spacial score (nSPS) is 11.7. The number of carbonyl (C=O) groups excluding carboxylic acids is 2. The molecule has 0 bridgehead atoms. The van der Waals surface area contributed by atoms with Crippen LogP contribution in [0.1, 0.15) is 25.0 Å². The minimum absolute atomic E-state index is 0.0743. The maximum atomic E-state index is 12.5. The van der Waals surface area contributed by atoms with Gasteiger partial charge in [0, 0.05) is 5.69 Å². The second-order valence-electron chi connectivity index (χ2n) is 6.28. The van der Waals surface area contributed by atoms with Crippen molar-refractivity contribution in [3.63, 3.8) is 0 Å². The van der Waals surface area contributed by atoms with Gasteiger partial charge >= 0.3 is 6.09 Å². The molecule has 0 unspecified atom stereocenters. The Kier molecular flexibility index (Phi) is 6.57. The van der Waals surface area contributed by atoms with Crippen LogP contribution in [0.4, 0.5) is 10.5 Å². The fourth-order valence-electron chi connectivity index (χ4n) is 2.28. The fourth-order valence-corrected chi connectivity index (χ4v) is 2.28. The molecule has 2 aromatic carbocycles. The lowest BCUT2D eigenvalue weighted by Gasteiger charge is -2.21. The molecular formula is C20H24N2O3. The number of nitrogens with one attached hydrogen (secondary N) is 2. The van der Waals surface area contributed by atoms with Gasteiger partial charge in [-0.2, -0.15) is 0 Å². The van der Waals surface area contributed by atoms with Gasteiger partial charge < -0.3 is 15.4 Å². The topological polar surface area (TPSA) is 67.4 Å². The third kappa shape index (κ3) is 5.95. The van der Waals surface area contributed by atoms with E-state index in [1.165, 1.54) is 0 Å². The van der Waals surface area contributed by atoms with Crippen LogP contribution in [0.15, 0.2) is 54.6 Å². The van der Waals surface area contributed by atoms with Crippen molar-refractivity contribution in [1.82, 2.24) is 5.32 Å². The summed E-state index contributed by atoms with van der Waals surface area (Å²) in [5.74, 6) is -0.342. The van der Waals surface area contributed by atoms with Gasteiger partial charge in [0.25, 0.3) is 0 Å². The molecule has 0 radical (unpaired) electrons. The van der Waals surface area contributed by atoms with E-state index in [4.69, 9.17) is 4.74 Å². The van der Waals surface area contributed by atoms with Crippen LogP contribution >= 0.6 is 0 Å². The molecule has 25 heavy (non-hydrogen) atoms. The highest BCUT2D eigenvalue weighted by atomic mass is 16.5. The first kappa shape index (κ1) is 18.5. The van der Waals surface area contributed by atoms with E-state index in [1.807, 2.05) is 75.4 Å². The Morgan fingerprint density at radius 3 is 2.24 bits per heavy atom. The van der Waals surface area contributed by atoms with E-state index in [9.17, 15) is 9.59 Å². The summed E-state index contributed by atoms with van der Waals surface area (Å²) in [6, 6.07) is 16.2. The molecule has 0 aromatic heterocycles. The molecule has 0 saturated heterocycles. The Balaban J connectivity index is 1.91.